The molecule has 0 bridgehead atoms. The fourth-order valence-corrected chi connectivity index (χ4v) is 5.11. The summed E-state index contributed by atoms with van der Waals surface area (Å²) in [6, 6.07) is 17.9. The van der Waals surface area contributed by atoms with Gasteiger partial charge in [-0.2, -0.15) is 10.1 Å². The van der Waals surface area contributed by atoms with E-state index in [0.717, 1.165) is 59.4 Å². The smallest absolute Gasteiger partial charge is 0.286 e. The number of carbonyl (C=O) groups is 1. The molecule has 0 radical (unpaired) electrons. The fourth-order valence-electron chi connectivity index (χ4n) is 4.15. The molecule has 0 N–H and O–H groups in total. The maximum absolute atomic E-state index is 12.8. The number of hydrogen-bond acceptors (Lipinski definition) is 5. The van der Waals surface area contributed by atoms with E-state index < -0.39 is 0 Å². The van der Waals surface area contributed by atoms with Gasteiger partial charge in [-0.05, 0) is 87.3 Å². The summed E-state index contributed by atoms with van der Waals surface area (Å²) in [5.74, 6) is 0.645. The van der Waals surface area contributed by atoms with E-state index >= 15 is 0 Å². The van der Waals surface area contributed by atoms with Crippen LogP contribution in [0.3, 0.4) is 0 Å². The average Bonchev–Trinajstić information content (AvgIpc) is 3.44. The number of likely N-dealkylation sites (tertiary alicyclic amines) is 1. The number of nitrogens with zero attached hydrogens (tertiary/aromatic N) is 4. The molecular formula is C27H28N4O2S. The number of carbonyl (C=O) groups excluding carboxylic acids is 1. The Bertz CT molecular complexity index is 1220. The quantitative estimate of drug-likeness (QED) is 0.440. The summed E-state index contributed by atoms with van der Waals surface area (Å²) in [7, 11) is 0. The number of aromatic nitrogens is 2. The fraction of sp³-hybridized carbons (Fsp3) is 0.296. The minimum absolute atomic E-state index is 0.114. The van der Waals surface area contributed by atoms with E-state index in [2.05, 4.69) is 9.89 Å². The Balaban J connectivity index is 1.48. The van der Waals surface area contributed by atoms with E-state index in [9.17, 15) is 4.79 Å². The highest BCUT2D eigenvalue weighted by molar-refractivity contribution is 8.18. The molecule has 0 unspecified atom stereocenters. The molecule has 3 heterocycles. The van der Waals surface area contributed by atoms with E-state index in [0.29, 0.717) is 4.91 Å². The molecule has 7 heteroatoms. The molecule has 2 aliphatic heterocycles. The van der Waals surface area contributed by atoms with Gasteiger partial charge in [0.25, 0.3) is 5.91 Å². The first kappa shape index (κ1) is 22.5. The van der Waals surface area contributed by atoms with Crippen LogP contribution in [-0.4, -0.2) is 44.9 Å². The van der Waals surface area contributed by atoms with Crippen molar-refractivity contribution in [3.05, 3.63) is 71.3 Å². The van der Waals surface area contributed by atoms with Crippen LogP contribution in [0.25, 0.3) is 23.0 Å². The molecule has 1 fully saturated rings. The second-order valence-electron chi connectivity index (χ2n) is 8.76. The van der Waals surface area contributed by atoms with Gasteiger partial charge in [0.2, 0.25) is 0 Å². The molecule has 2 aliphatic rings. The largest absolute Gasteiger partial charge is 0.491 e. The Morgan fingerprint density at radius 1 is 1.00 bits per heavy atom. The van der Waals surface area contributed by atoms with Crippen molar-refractivity contribution in [3.63, 3.8) is 0 Å². The Labute approximate surface area is 204 Å². The van der Waals surface area contributed by atoms with Crippen molar-refractivity contribution in [3.8, 4) is 22.7 Å². The molecule has 174 valence electrons. The average molecular weight is 473 g/mol. The molecule has 34 heavy (non-hydrogen) atoms. The van der Waals surface area contributed by atoms with Crippen LogP contribution in [0, 0.1) is 0 Å². The molecule has 0 atom stereocenters. The second kappa shape index (κ2) is 9.89. The van der Waals surface area contributed by atoms with Crippen molar-refractivity contribution in [1.82, 2.24) is 14.7 Å². The van der Waals surface area contributed by atoms with Crippen LogP contribution in [0.2, 0.25) is 0 Å². The van der Waals surface area contributed by atoms with Gasteiger partial charge in [0.1, 0.15) is 5.75 Å². The van der Waals surface area contributed by atoms with Crippen LogP contribution < -0.4 is 4.74 Å². The lowest BCUT2D eigenvalue weighted by atomic mass is 10.1. The summed E-state index contributed by atoms with van der Waals surface area (Å²) >= 11 is 1.47. The lowest BCUT2D eigenvalue weighted by Gasteiger charge is -2.27. The highest BCUT2D eigenvalue weighted by Crippen LogP contribution is 2.34. The molecule has 0 aliphatic carbocycles. The van der Waals surface area contributed by atoms with Gasteiger partial charge in [0.15, 0.2) is 5.17 Å². The lowest BCUT2D eigenvalue weighted by Crippen LogP contribution is -2.33. The van der Waals surface area contributed by atoms with E-state index in [-0.39, 0.29) is 12.0 Å². The van der Waals surface area contributed by atoms with Gasteiger partial charge in [-0.25, -0.2) is 4.68 Å². The first-order valence-electron chi connectivity index (χ1n) is 11.8. The Hall–Kier alpha value is -3.32. The topological polar surface area (TPSA) is 59.7 Å². The number of ether oxygens (including phenoxy) is 1. The molecule has 0 spiro atoms. The highest BCUT2D eigenvalue weighted by atomic mass is 32.2. The van der Waals surface area contributed by atoms with Gasteiger partial charge in [-0.3, -0.25) is 4.79 Å². The molecule has 1 amide bonds. The third-order valence-corrected chi connectivity index (χ3v) is 6.83. The van der Waals surface area contributed by atoms with E-state index in [4.69, 9.17) is 9.84 Å². The third-order valence-electron chi connectivity index (χ3n) is 5.79. The first-order chi connectivity index (χ1) is 16.6. The number of thioether (sulfide) groups is 1. The molecule has 1 saturated heterocycles. The summed E-state index contributed by atoms with van der Waals surface area (Å²) in [6.07, 6.45) is 7.56. The van der Waals surface area contributed by atoms with Crippen LogP contribution in [0.1, 0.15) is 38.7 Å². The molecule has 0 saturated carbocycles. The Morgan fingerprint density at radius 2 is 1.74 bits per heavy atom. The van der Waals surface area contributed by atoms with Gasteiger partial charge >= 0.3 is 0 Å². The summed E-state index contributed by atoms with van der Waals surface area (Å²) in [4.78, 5) is 20.0. The van der Waals surface area contributed by atoms with E-state index in [1.165, 1.54) is 18.2 Å². The zero-order valence-electron chi connectivity index (χ0n) is 19.5. The number of amidine groups is 1. The molecule has 6 nitrogen and oxygen atoms in total. The summed E-state index contributed by atoms with van der Waals surface area (Å²) in [5.41, 5.74) is 3.62. The zero-order valence-corrected chi connectivity index (χ0v) is 20.3. The summed E-state index contributed by atoms with van der Waals surface area (Å²) < 4.78 is 7.65. The van der Waals surface area contributed by atoms with Crippen LogP contribution >= 0.6 is 11.8 Å². The highest BCUT2D eigenvalue weighted by Gasteiger charge is 2.27. The maximum atomic E-state index is 12.8. The van der Waals surface area contributed by atoms with Crippen LogP contribution in [-0.2, 0) is 4.79 Å². The number of aliphatic imine (C=N–C) groups is 1. The predicted octanol–water partition coefficient (Wildman–Crippen LogP) is 5.78. The Kier molecular flexibility index (Phi) is 6.54. The van der Waals surface area contributed by atoms with Gasteiger partial charge in [-0.1, -0.05) is 18.2 Å². The van der Waals surface area contributed by atoms with Crippen molar-refractivity contribution < 1.29 is 9.53 Å². The lowest BCUT2D eigenvalue weighted by molar-refractivity contribution is -0.113. The SMILES string of the molecule is CC(C)Oc1ccc(-c2nn(-c3ccccc3)cc2/C=C2/SC(N3CCCCC3)=NC2=O)cc1. The van der Waals surface area contributed by atoms with Gasteiger partial charge in [0.05, 0.1) is 22.4 Å². The minimum Gasteiger partial charge on any atom is -0.491 e. The Morgan fingerprint density at radius 3 is 2.44 bits per heavy atom. The zero-order chi connectivity index (χ0) is 23.5. The minimum atomic E-state index is -0.176. The number of benzene rings is 2. The number of piperidine rings is 1. The van der Waals surface area contributed by atoms with Crippen molar-refractivity contribution in [2.75, 3.05) is 13.1 Å². The molecular weight excluding hydrogens is 444 g/mol. The van der Waals surface area contributed by atoms with Crippen molar-refractivity contribution in [1.29, 1.82) is 0 Å². The number of para-hydroxylation sites is 1. The third kappa shape index (κ3) is 4.94. The van der Waals surface area contributed by atoms with Gasteiger partial charge in [0, 0.05) is 30.4 Å². The van der Waals surface area contributed by atoms with Crippen LogP contribution in [0.5, 0.6) is 5.75 Å². The van der Waals surface area contributed by atoms with Crippen molar-refractivity contribution in [2.24, 2.45) is 4.99 Å². The second-order valence-corrected chi connectivity index (χ2v) is 9.77. The maximum Gasteiger partial charge on any atom is 0.286 e. The number of rotatable bonds is 5. The van der Waals surface area contributed by atoms with Crippen molar-refractivity contribution >= 4 is 28.9 Å². The predicted molar refractivity (Wildman–Crippen MR) is 138 cm³/mol. The molecule has 1 aromatic heterocycles. The molecule has 3 aromatic rings. The number of amides is 1. The van der Waals surface area contributed by atoms with E-state index in [1.807, 2.05) is 85.4 Å². The van der Waals surface area contributed by atoms with Crippen LogP contribution in [0.4, 0.5) is 0 Å². The van der Waals surface area contributed by atoms with Crippen molar-refractivity contribution in [2.45, 2.75) is 39.2 Å². The van der Waals surface area contributed by atoms with E-state index in [1.54, 1.807) is 0 Å². The monoisotopic (exact) mass is 472 g/mol. The van der Waals surface area contributed by atoms with Gasteiger partial charge < -0.3 is 9.64 Å². The summed E-state index contributed by atoms with van der Waals surface area (Å²) in [6.45, 7) is 5.95. The molecule has 5 rings (SSSR count). The van der Waals surface area contributed by atoms with Crippen LogP contribution in [0.15, 0.2) is 70.7 Å². The standard InChI is InChI=1S/C27H28N4O2S/c1-19(2)33-23-13-11-20(12-14-23)25-21(18-31(29-25)22-9-5-3-6-10-22)17-24-26(32)28-27(34-24)30-15-7-4-8-16-30/h3,5-6,9-14,17-19H,4,7-8,15-16H2,1-2H3/b24-17+. The molecule has 2 aromatic carbocycles. The van der Waals surface area contributed by atoms with Gasteiger partial charge in [-0.15, -0.1) is 0 Å². The normalized spacial score (nSPS) is 17.5. The number of hydrogen-bond donors (Lipinski definition) is 0. The first-order valence-corrected chi connectivity index (χ1v) is 12.6. The summed E-state index contributed by atoms with van der Waals surface area (Å²) in [5, 5.41) is 5.70.